The van der Waals surface area contributed by atoms with Gasteiger partial charge >= 0.3 is 0 Å². The molecule has 7 heteroatoms. The van der Waals surface area contributed by atoms with E-state index in [4.69, 9.17) is 14.2 Å². The summed E-state index contributed by atoms with van der Waals surface area (Å²) >= 11 is 0. The number of rotatable bonds is 9. The minimum atomic E-state index is -0.576. The summed E-state index contributed by atoms with van der Waals surface area (Å²) in [6.07, 6.45) is -0.393. The lowest BCUT2D eigenvalue weighted by molar-refractivity contribution is -0.125. The number of nitrogens with zero attached hydrogens (tertiary/aromatic N) is 1. The molecular weight excluding hydrogens is 432 g/mol. The number of fused-ring (bicyclic) bond motifs is 1. The second-order valence-corrected chi connectivity index (χ2v) is 8.00. The van der Waals surface area contributed by atoms with Gasteiger partial charge in [-0.3, -0.25) is 9.59 Å². The predicted molar refractivity (Wildman–Crippen MR) is 129 cm³/mol. The van der Waals surface area contributed by atoms with Gasteiger partial charge in [-0.1, -0.05) is 48.5 Å². The van der Waals surface area contributed by atoms with Crippen LogP contribution in [0.25, 0.3) is 0 Å². The van der Waals surface area contributed by atoms with Gasteiger partial charge in [0.25, 0.3) is 5.91 Å². The van der Waals surface area contributed by atoms with E-state index in [1.54, 1.807) is 18.9 Å². The summed E-state index contributed by atoms with van der Waals surface area (Å²) in [4.78, 5) is 26.7. The Balaban J connectivity index is 1.31. The van der Waals surface area contributed by atoms with Gasteiger partial charge in [0.1, 0.15) is 12.4 Å². The number of ether oxygens (including phenoxy) is 3. The summed E-state index contributed by atoms with van der Waals surface area (Å²) in [5.74, 6) is 1.60. The minimum Gasteiger partial charge on any atom is -0.493 e. The van der Waals surface area contributed by atoms with Gasteiger partial charge in [-0.2, -0.15) is 0 Å². The lowest BCUT2D eigenvalue weighted by Crippen LogP contribution is -2.45. The molecule has 4 rings (SSSR count). The molecule has 0 radical (unpaired) electrons. The number of amides is 2. The molecule has 1 aliphatic heterocycles. The summed E-state index contributed by atoms with van der Waals surface area (Å²) in [7, 11) is 1.59. The summed E-state index contributed by atoms with van der Waals surface area (Å²) in [6, 6.07) is 22.8. The Morgan fingerprint density at radius 1 is 1.00 bits per heavy atom. The molecule has 1 aliphatic rings. The number of anilines is 1. The molecule has 34 heavy (non-hydrogen) atoms. The predicted octanol–water partition coefficient (Wildman–Crippen LogP) is 4.09. The fourth-order valence-corrected chi connectivity index (χ4v) is 3.77. The molecule has 0 fully saturated rings. The molecule has 0 saturated carbocycles. The minimum absolute atomic E-state index is 0.146. The van der Waals surface area contributed by atoms with Gasteiger partial charge in [-0.25, -0.2) is 0 Å². The third-order valence-corrected chi connectivity index (χ3v) is 5.59. The number of carbonyl (C=O) groups is 2. The fourth-order valence-electron chi connectivity index (χ4n) is 3.77. The van der Waals surface area contributed by atoms with Crippen molar-refractivity contribution in [3.63, 3.8) is 0 Å². The van der Waals surface area contributed by atoms with Crippen molar-refractivity contribution in [2.24, 2.45) is 0 Å². The van der Waals surface area contributed by atoms with Crippen LogP contribution in [0.1, 0.15) is 24.5 Å². The van der Waals surface area contributed by atoms with Crippen molar-refractivity contribution in [2.45, 2.75) is 32.6 Å². The van der Waals surface area contributed by atoms with Crippen LogP contribution in [0.4, 0.5) is 5.69 Å². The third-order valence-electron chi connectivity index (χ3n) is 5.59. The second-order valence-electron chi connectivity index (χ2n) is 8.00. The molecule has 0 bridgehead atoms. The van der Waals surface area contributed by atoms with Crippen LogP contribution in [0.15, 0.2) is 72.8 Å². The number of benzene rings is 3. The van der Waals surface area contributed by atoms with Gasteiger partial charge in [0, 0.05) is 19.5 Å². The lowest BCUT2D eigenvalue weighted by Gasteiger charge is -2.32. The molecule has 0 saturated heterocycles. The molecular formula is C27H28N2O5. The molecule has 1 unspecified atom stereocenters. The Labute approximate surface area is 199 Å². The summed E-state index contributed by atoms with van der Waals surface area (Å²) < 4.78 is 17.0. The van der Waals surface area contributed by atoms with Crippen molar-refractivity contribution < 1.29 is 23.8 Å². The van der Waals surface area contributed by atoms with E-state index < -0.39 is 6.10 Å². The van der Waals surface area contributed by atoms with Crippen LogP contribution in [-0.2, 0) is 22.7 Å². The molecule has 1 N–H and O–H groups in total. The van der Waals surface area contributed by atoms with Crippen LogP contribution in [0.5, 0.6) is 17.2 Å². The maximum atomic E-state index is 12.6. The largest absolute Gasteiger partial charge is 0.493 e. The Hall–Kier alpha value is -4.00. The van der Waals surface area contributed by atoms with E-state index in [0.717, 1.165) is 11.1 Å². The number of carbonyl (C=O) groups excluding carboxylic acids is 2. The zero-order valence-corrected chi connectivity index (χ0v) is 19.3. The maximum Gasteiger partial charge on any atom is 0.267 e. The summed E-state index contributed by atoms with van der Waals surface area (Å²) in [6.45, 7) is 2.78. The van der Waals surface area contributed by atoms with Crippen LogP contribution in [0.2, 0.25) is 0 Å². The normalized spacial score (nSPS) is 14.7. The van der Waals surface area contributed by atoms with Gasteiger partial charge < -0.3 is 24.4 Å². The molecule has 3 aromatic carbocycles. The number of hydrogen-bond donors (Lipinski definition) is 1. The van der Waals surface area contributed by atoms with Crippen molar-refractivity contribution in [1.29, 1.82) is 0 Å². The van der Waals surface area contributed by atoms with Crippen molar-refractivity contribution in [2.75, 3.05) is 18.6 Å². The van der Waals surface area contributed by atoms with Gasteiger partial charge in [0.05, 0.1) is 12.8 Å². The van der Waals surface area contributed by atoms with E-state index in [1.165, 1.54) is 0 Å². The van der Waals surface area contributed by atoms with Crippen molar-refractivity contribution in [1.82, 2.24) is 5.32 Å². The Morgan fingerprint density at radius 2 is 1.76 bits per heavy atom. The Kier molecular flexibility index (Phi) is 7.32. The first-order valence-corrected chi connectivity index (χ1v) is 11.2. The van der Waals surface area contributed by atoms with Gasteiger partial charge in [0.2, 0.25) is 5.91 Å². The van der Waals surface area contributed by atoms with E-state index >= 15 is 0 Å². The first kappa shape index (κ1) is 23.2. The van der Waals surface area contributed by atoms with Crippen LogP contribution in [0.3, 0.4) is 0 Å². The number of nitrogens with one attached hydrogen (secondary N) is 1. The molecule has 176 valence electrons. The number of methoxy groups -OCH3 is 1. The molecule has 2 amide bonds. The van der Waals surface area contributed by atoms with Crippen LogP contribution >= 0.6 is 0 Å². The van der Waals surface area contributed by atoms with E-state index in [-0.39, 0.29) is 24.8 Å². The molecule has 3 aromatic rings. The maximum absolute atomic E-state index is 12.6. The van der Waals surface area contributed by atoms with Crippen LogP contribution in [0, 0.1) is 0 Å². The standard InChI is InChI=1S/C27H28N2O5/c1-19-27(31)29(22-10-6-7-11-23(22)34-19)15-14-26(30)28-17-21-12-13-24(25(16-21)32-2)33-18-20-8-4-3-5-9-20/h3-13,16,19H,14-15,17-18H2,1-2H3,(H,28,30). The average molecular weight is 461 g/mol. The van der Waals surface area contributed by atoms with E-state index in [0.29, 0.717) is 36.1 Å². The van der Waals surface area contributed by atoms with E-state index in [9.17, 15) is 9.59 Å². The van der Waals surface area contributed by atoms with Gasteiger partial charge in [-0.05, 0) is 42.3 Å². The van der Waals surface area contributed by atoms with Crippen molar-refractivity contribution in [3.05, 3.63) is 83.9 Å². The highest BCUT2D eigenvalue weighted by Crippen LogP contribution is 2.33. The highest BCUT2D eigenvalue weighted by Gasteiger charge is 2.31. The average Bonchev–Trinajstić information content (AvgIpc) is 2.87. The van der Waals surface area contributed by atoms with Gasteiger partial charge in [-0.15, -0.1) is 0 Å². The van der Waals surface area contributed by atoms with Crippen LogP contribution < -0.4 is 24.4 Å². The zero-order valence-electron chi connectivity index (χ0n) is 19.3. The summed E-state index contributed by atoms with van der Waals surface area (Å²) in [5, 5.41) is 2.91. The fraction of sp³-hybridized carbons (Fsp3) is 0.259. The van der Waals surface area contributed by atoms with Gasteiger partial charge in [0.15, 0.2) is 17.6 Å². The molecule has 1 heterocycles. The Morgan fingerprint density at radius 3 is 2.56 bits per heavy atom. The first-order valence-electron chi connectivity index (χ1n) is 11.2. The molecule has 0 aliphatic carbocycles. The molecule has 1 atom stereocenters. The molecule has 7 nitrogen and oxygen atoms in total. The summed E-state index contributed by atoms with van der Waals surface area (Å²) in [5.41, 5.74) is 2.64. The monoisotopic (exact) mass is 460 g/mol. The van der Waals surface area contributed by atoms with Crippen molar-refractivity contribution in [3.8, 4) is 17.2 Å². The topological polar surface area (TPSA) is 77.1 Å². The second kappa shape index (κ2) is 10.7. The van der Waals surface area contributed by atoms with E-state index in [2.05, 4.69) is 5.32 Å². The SMILES string of the molecule is COc1cc(CNC(=O)CCN2C(=O)C(C)Oc3ccccc32)ccc1OCc1ccccc1. The van der Waals surface area contributed by atoms with Crippen LogP contribution in [-0.4, -0.2) is 31.6 Å². The molecule has 0 aromatic heterocycles. The quantitative estimate of drug-likeness (QED) is 0.520. The zero-order chi connectivity index (χ0) is 23.9. The highest BCUT2D eigenvalue weighted by atomic mass is 16.5. The number of para-hydroxylation sites is 2. The molecule has 0 spiro atoms. The van der Waals surface area contributed by atoms with E-state index in [1.807, 2.05) is 72.8 Å². The number of hydrogen-bond acceptors (Lipinski definition) is 5. The first-order chi connectivity index (χ1) is 16.5. The Bertz CT molecular complexity index is 1150. The smallest absolute Gasteiger partial charge is 0.267 e. The lowest BCUT2D eigenvalue weighted by atomic mass is 10.1. The third kappa shape index (κ3) is 5.49. The van der Waals surface area contributed by atoms with Crippen molar-refractivity contribution >= 4 is 17.5 Å². The highest BCUT2D eigenvalue weighted by molar-refractivity contribution is 6.00.